The number of hydrogen-bond donors (Lipinski definition) is 1. The Bertz CT molecular complexity index is 645. The minimum atomic E-state index is -0.441. The first-order valence-corrected chi connectivity index (χ1v) is 7.60. The lowest BCUT2D eigenvalue weighted by atomic mass is 10.1. The SMILES string of the molecule is COc1ccc(CSc2ccc(C(C)O)cc2)cc1C#N. The average Bonchev–Trinajstić information content (AvgIpc) is 2.52. The summed E-state index contributed by atoms with van der Waals surface area (Å²) in [5.74, 6) is 1.39. The van der Waals surface area contributed by atoms with Crippen LogP contribution in [0.5, 0.6) is 5.75 Å². The molecule has 2 aromatic carbocycles. The first-order valence-electron chi connectivity index (χ1n) is 6.62. The van der Waals surface area contributed by atoms with Gasteiger partial charge in [0, 0.05) is 10.6 Å². The molecule has 21 heavy (non-hydrogen) atoms. The first-order chi connectivity index (χ1) is 10.1. The van der Waals surface area contributed by atoms with Gasteiger partial charge in [-0.15, -0.1) is 11.8 Å². The van der Waals surface area contributed by atoms with E-state index in [1.54, 1.807) is 25.8 Å². The van der Waals surface area contributed by atoms with Crippen LogP contribution in [-0.4, -0.2) is 12.2 Å². The average molecular weight is 299 g/mol. The molecule has 0 heterocycles. The fraction of sp³-hybridized carbons (Fsp3) is 0.235. The molecule has 0 bridgehead atoms. The van der Waals surface area contributed by atoms with Crippen molar-refractivity contribution in [1.29, 1.82) is 5.26 Å². The van der Waals surface area contributed by atoms with E-state index in [-0.39, 0.29) is 0 Å². The minimum absolute atomic E-state index is 0.441. The van der Waals surface area contributed by atoms with E-state index in [0.717, 1.165) is 21.8 Å². The Balaban J connectivity index is 2.04. The van der Waals surface area contributed by atoms with Gasteiger partial charge in [-0.3, -0.25) is 0 Å². The molecule has 0 aliphatic carbocycles. The maximum Gasteiger partial charge on any atom is 0.136 e. The highest BCUT2D eigenvalue weighted by molar-refractivity contribution is 7.98. The van der Waals surface area contributed by atoms with E-state index in [4.69, 9.17) is 10.00 Å². The Morgan fingerprint density at radius 3 is 2.52 bits per heavy atom. The fourth-order valence-electron chi connectivity index (χ4n) is 1.94. The number of nitriles is 1. The van der Waals surface area contributed by atoms with Gasteiger partial charge in [0.2, 0.25) is 0 Å². The Morgan fingerprint density at radius 2 is 1.95 bits per heavy atom. The third-order valence-corrected chi connectivity index (χ3v) is 4.24. The molecule has 0 saturated heterocycles. The van der Waals surface area contributed by atoms with Gasteiger partial charge in [-0.1, -0.05) is 18.2 Å². The lowest BCUT2D eigenvalue weighted by Crippen LogP contribution is -1.91. The number of hydrogen-bond acceptors (Lipinski definition) is 4. The van der Waals surface area contributed by atoms with E-state index in [2.05, 4.69) is 6.07 Å². The summed E-state index contributed by atoms with van der Waals surface area (Å²) in [5.41, 5.74) is 2.55. The summed E-state index contributed by atoms with van der Waals surface area (Å²) < 4.78 is 5.14. The van der Waals surface area contributed by atoms with Crippen LogP contribution in [0.1, 0.15) is 29.7 Å². The molecule has 0 radical (unpaired) electrons. The molecule has 2 rings (SSSR count). The van der Waals surface area contributed by atoms with E-state index in [9.17, 15) is 5.11 Å². The van der Waals surface area contributed by atoms with Gasteiger partial charge in [-0.25, -0.2) is 0 Å². The number of aliphatic hydroxyl groups is 1. The van der Waals surface area contributed by atoms with Crippen molar-refractivity contribution in [2.75, 3.05) is 7.11 Å². The molecule has 1 atom stereocenters. The van der Waals surface area contributed by atoms with Crippen LogP contribution in [0.15, 0.2) is 47.4 Å². The lowest BCUT2D eigenvalue weighted by Gasteiger charge is -2.08. The highest BCUT2D eigenvalue weighted by Crippen LogP contribution is 2.27. The Labute approximate surface area is 129 Å². The van der Waals surface area contributed by atoms with Crippen molar-refractivity contribution in [3.05, 3.63) is 59.2 Å². The van der Waals surface area contributed by atoms with Crippen molar-refractivity contribution in [2.24, 2.45) is 0 Å². The first kappa shape index (κ1) is 15.4. The molecule has 0 spiro atoms. The van der Waals surface area contributed by atoms with E-state index in [0.29, 0.717) is 11.3 Å². The van der Waals surface area contributed by atoms with Gasteiger partial charge in [-0.05, 0) is 42.3 Å². The predicted octanol–water partition coefficient (Wildman–Crippen LogP) is 3.91. The molecule has 3 nitrogen and oxygen atoms in total. The van der Waals surface area contributed by atoms with Gasteiger partial charge in [0.25, 0.3) is 0 Å². The van der Waals surface area contributed by atoms with Gasteiger partial charge in [0.05, 0.1) is 18.8 Å². The number of rotatable bonds is 5. The third kappa shape index (κ3) is 4.01. The van der Waals surface area contributed by atoms with Gasteiger partial charge in [0.15, 0.2) is 0 Å². The normalized spacial score (nSPS) is 11.7. The Morgan fingerprint density at radius 1 is 1.24 bits per heavy atom. The third-order valence-electron chi connectivity index (χ3n) is 3.15. The maximum absolute atomic E-state index is 9.48. The molecule has 2 aromatic rings. The van der Waals surface area contributed by atoms with Gasteiger partial charge in [-0.2, -0.15) is 5.26 Å². The van der Waals surface area contributed by atoms with Crippen molar-refractivity contribution in [1.82, 2.24) is 0 Å². The number of aliphatic hydroxyl groups excluding tert-OH is 1. The molecule has 0 aliphatic rings. The highest BCUT2D eigenvalue weighted by Gasteiger charge is 2.05. The van der Waals surface area contributed by atoms with Crippen molar-refractivity contribution in [3.8, 4) is 11.8 Å². The number of benzene rings is 2. The fourth-order valence-corrected chi connectivity index (χ4v) is 2.78. The van der Waals surface area contributed by atoms with Crippen molar-refractivity contribution < 1.29 is 9.84 Å². The van der Waals surface area contributed by atoms with Gasteiger partial charge >= 0.3 is 0 Å². The molecule has 4 heteroatoms. The maximum atomic E-state index is 9.48. The minimum Gasteiger partial charge on any atom is -0.495 e. The zero-order chi connectivity index (χ0) is 15.2. The predicted molar refractivity (Wildman–Crippen MR) is 84.3 cm³/mol. The number of methoxy groups -OCH3 is 1. The smallest absolute Gasteiger partial charge is 0.136 e. The van der Waals surface area contributed by atoms with Crippen molar-refractivity contribution >= 4 is 11.8 Å². The largest absolute Gasteiger partial charge is 0.495 e. The Kier molecular flexibility index (Phi) is 5.26. The molecule has 0 aliphatic heterocycles. The molecular formula is C17H17NO2S. The second kappa shape index (κ2) is 7.16. The standard InChI is InChI=1S/C17H17NO2S/c1-12(19)14-4-6-16(7-5-14)21-11-13-3-8-17(20-2)15(9-13)10-18/h3-9,12,19H,11H2,1-2H3. The quantitative estimate of drug-likeness (QED) is 0.850. The number of ether oxygens (including phenoxy) is 1. The topological polar surface area (TPSA) is 53.2 Å². The molecular weight excluding hydrogens is 282 g/mol. The summed E-state index contributed by atoms with van der Waals surface area (Å²) >= 11 is 1.69. The summed E-state index contributed by atoms with van der Waals surface area (Å²) in [5, 5.41) is 18.6. The van der Waals surface area contributed by atoms with Crippen LogP contribution in [0, 0.1) is 11.3 Å². The van der Waals surface area contributed by atoms with E-state index < -0.39 is 6.10 Å². The number of nitrogens with zero attached hydrogens (tertiary/aromatic N) is 1. The molecule has 0 fully saturated rings. The number of thioether (sulfide) groups is 1. The zero-order valence-electron chi connectivity index (χ0n) is 12.0. The zero-order valence-corrected chi connectivity index (χ0v) is 12.9. The summed E-state index contributed by atoms with van der Waals surface area (Å²) in [6.07, 6.45) is -0.441. The molecule has 108 valence electrons. The Hall–Kier alpha value is -1.96. The van der Waals surface area contributed by atoms with Crippen LogP contribution >= 0.6 is 11.8 Å². The molecule has 1 N–H and O–H groups in total. The molecule has 1 unspecified atom stereocenters. The van der Waals surface area contributed by atoms with Crippen LogP contribution in [-0.2, 0) is 5.75 Å². The molecule has 0 aromatic heterocycles. The second-order valence-electron chi connectivity index (χ2n) is 4.68. The van der Waals surface area contributed by atoms with E-state index in [1.807, 2.05) is 42.5 Å². The van der Waals surface area contributed by atoms with Crippen LogP contribution in [0.3, 0.4) is 0 Å². The summed E-state index contributed by atoms with van der Waals surface area (Å²) in [6.45, 7) is 1.75. The van der Waals surface area contributed by atoms with Gasteiger partial charge in [0.1, 0.15) is 11.8 Å². The van der Waals surface area contributed by atoms with Crippen LogP contribution in [0.25, 0.3) is 0 Å². The molecule has 0 amide bonds. The van der Waals surface area contributed by atoms with E-state index >= 15 is 0 Å². The van der Waals surface area contributed by atoms with Crippen molar-refractivity contribution in [2.45, 2.75) is 23.7 Å². The van der Waals surface area contributed by atoms with Gasteiger partial charge < -0.3 is 9.84 Å². The lowest BCUT2D eigenvalue weighted by molar-refractivity contribution is 0.199. The van der Waals surface area contributed by atoms with E-state index in [1.165, 1.54) is 0 Å². The summed E-state index contributed by atoms with van der Waals surface area (Å²) in [4.78, 5) is 1.13. The van der Waals surface area contributed by atoms with Crippen LogP contribution in [0.4, 0.5) is 0 Å². The van der Waals surface area contributed by atoms with Crippen LogP contribution in [0.2, 0.25) is 0 Å². The highest BCUT2D eigenvalue weighted by atomic mass is 32.2. The van der Waals surface area contributed by atoms with Crippen molar-refractivity contribution in [3.63, 3.8) is 0 Å². The second-order valence-corrected chi connectivity index (χ2v) is 5.73. The monoisotopic (exact) mass is 299 g/mol. The molecule has 0 saturated carbocycles. The summed E-state index contributed by atoms with van der Waals surface area (Å²) in [7, 11) is 1.56. The van der Waals surface area contributed by atoms with Crippen LogP contribution < -0.4 is 4.74 Å². The summed E-state index contributed by atoms with van der Waals surface area (Å²) in [6, 6.07) is 15.7.